The Morgan fingerprint density at radius 3 is 2.54 bits per heavy atom. The molecule has 0 saturated heterocycles. The second-order valence-corrected chi connectivity index (χ2v) is 9.99. The van der Waals surface area contributed by atoms with Gasteiger partial charge in [-0.2, -0.15) is 4.99 Å². The molecule has 0 radical (unpaired) electrons. The maximum atomic E-state index is 12.6. The van der Waals surface area contributed by atoms with Gasteiger partial charge in [-0.1, -0.05) is 35.1 Å². The minimum atomic E-state index is -3.45. The molecule has 8 heteroatoms. The SMILES string of the molecule is CC(C)S(=O)(=O)c1cccc(C(=O)N=c2sc3cccc(Cl)c3n2C)c1. The molecule has 3 aromatic rings. The molecule has 0 saturated carbocycles. The van der Waals surface area contributed by atoms with E-state index >= 15 is 0 Å². The molecule has 0 fully saturated rings. The van der Waals surface area contributed by atoms with Gasteiger partial charge in [0.2, 0.25) is 0 Å². The number of hydrogen-bond acceptors (Lipinski definition) is 4. The molecule has 0 unspecified atom stereocenters. The maximum Gasteiger partial charge on any atom is 0.279 e. The highest BCUT2D eigenvalue weighted by Crippen LogP contribution is 2.24. The molecule has 1 heterocycles. The number of carbonyl (C=O) groups excluding carboxylic acids is 1. The summed E-state index contributed by atoms with van der Waals surface area (Å²) in [6.45, 7) is 3.21. The number of halogens is 1. The number of nitrogens with zero attached hydrogens (tertiary/aromatic N) is 2. The van der Waals surface area contributed by atoms with Gasteiger partial charge in [0.25, 0.3) is 5.91 Å². The lowest BCUT2D eigenvalue weighted by atomic mass is 10.2. The van der Waals surface area contributed by atoms with Crippen molar-refractivity contribution in [3.8, 4) is 0 Å². The first kappa shape index (κ1) is 18.8. The fraction of sp³-hybridized carbons (Fsp3) is 0.222. The lowest BCUT2D eigenvalue weighted by molar-refractivity contribution is 0.0997. The molecule has 136 valence electrons. The van der Waals surface area contributed by atoms with Crippen LogP contribution in [0.3, 0.4) is 0 Å². The third-order valence-corrected chi connectivity index (χ3v) is 7.55. The second-order valence-electron chi connectivity index (χ2n) is 6.07. The van der Waals surface area contributed by atoms with Crippen molar-refractivity contribution in [2.45, 2.75) is 24.0 Å². The van der Waals surface area contributed by atoms with E-state index in [1.54, 1.807) is 43.7 Å². The standard InChI is InChI=1S/C18H17ClN2O3S2/c1-11(2)26(23,24)13-7-4-6-12(10-13)17(22)20-18-21(3)16-14(19)8-5-9-15(16)25-18/h4-11H,1-3H3. The molecule has 2 aromatic carbocycles. The number of thiazole rings is 1. The van der Waals surface area contributed by atoms with E-state index in [1.165, 1.54) is 23.5 Å². The van der Waals surface area contributed by atoms with Gasteiger partial charge in [0.05, 0.1) is 25.4 Å². The monoisotopic (exact) mass is 408 g/mol. The molecule has 3 rings (SSSR count). The lowest BCUT2D eigenvalue weighted by Crippen LogP contribution is -2.15. The minimum absolute atomic E-state index is 0.123. The van der Waals surface area contributed by atoms with Gasteiger partial charge >= 0.3 is 0 Å². The van der Waals surface area contributed by atoms with Crippen LogP contribution >= 0.6 is 22.9 Å². The number of amides is 1. The largest absolute Gasteiger partial charge is 0.318 e. The van der Waals surface area contributed by atoms with Crippen LogP contribution in [0, 0.1) is 0 Å². The van der Waals surface area contributed by atoms with E-state index in [9.17, 15) is 13.2 Å². The van der Waals surface area contributed by atoms with E-state index in [-0.39, 0.29) is 10.5 Å². The molecule has 1 aromatic heterocycles. The van der Waals surface area contributed by atoms with Gasteiger partial charge in [-0.25, -0.2) is 8.42 Å². The van der Waals surface area contributed by atoms with Gasteiger partial charge in [0, 0.05) is 12.6 Å². The van der Waals surface area contributed by atoms with Crippen LogP contribution in [-0.4, -0.2) is 24.1 Å². The zero-order chi connectivity index (χ0) is 19.1. The Balaban J connectivity index is 2.08. The Morgan fingerprint density at radius 1 is 1.19 bits per heavy atom. The Kier molecular flexibility index (Phi) is 5.05. The topological polar surface area (TPSA) is 68.5 Å². The van der Waals surface area contributed by atoms with E-state index in [4.69, 9.17) is 11.6 Å². The fourth-order valence-corrected chi connectivity index (χ4v) is 5.00. The number of carbonyl (C=O) groups is 1. The van der Waals surface area contributed by atoms with Crippen molar-refractivity contribution in [2.24, 2.45) is 12.0 Å². The van der Waals surface area contributed by atoms with E-state index in [0.29, 0.717) is 9.82 Å². The summed E-state index contributed by atoms with van der Waals surface area (Å²) in [7, 11) is -1.67. The highest BCUT2D eigenvalue weighted by atomic mass is 35.5. The predicted octanol–water partition coefficient (Wildman–Crippen LogP) is 3.82. The van der Waals surface area contributed by atoms with Crippen molar-refractivity contribution in [1.29, 1.82) is 0 Å². The smallest absolute Gasteiger partial charge is 0.279 e. The van der Waals surface area contributed by atoms with E-state index in [1.807, 2.05) is 12.1 Å². The summed E-state index contributed by atoms with van der Waals surface area (Å²) >= 11 is 7.57. The van der Waals surface area contributed by atoms with Crippen LogP contribution < -0.4 is 4.80 Å². The van der Waals surface area contributed by atoms with Gasteiger partial charge in [-0.3, -0.25) is 4.79 Å². The highest BCUT2D eigenvalue weighted by molar-refractivity contribution is 7.92. The summed E-state index contributed by atoms with van der Waals surface area (Å²) in [5.41, 5.74) is 1.04. The zero-order valence-electron chi connectivity index (χ0n) is 14.4. The molecule has 0 aliphatic carbocycles. The lowest BCUT2D eigenvalue weighted by Gasteiger charge is -2.08. The summed E-state index contributed by atoms with van der Waals surface area (Å²) in [5, 5.41) is 0.0208. The van der Waals surface area contributed by atoms with Crippen molar-refractivity contribution < 1.29 is 13.2 Å². The number of aromatic nitrogens is 1. The summed E-state index contributed by atoms with van der Waals surface area (Å²) in [4.78, 5) is 17.4. The number of hydrogen-bond donors (Lipinski definition) is 0. The Labute approximate surface area is 160 Å². The van der Waals surface area contributed by atoms with Gasteiger partial charge in [0.1, 0.15) is 0 Å². The van der Waals surface area contributed by atoms with Crippen LogP contribution in [0.25, 0.3) is 10.2 Å². The summed E-state index contributed by atoms with van der Waals surface area (Å²) in [5.74, 6) is -0.496. The van der Waals surface area contributed by atoms with Crippen molar-refractivity contribution in [3.63, 3.8) is 0 Å². The molecule has 0 aliphatic rings. The van der Waals surface area contributed by atoms with E-state index in [2.05, 4.69) is 4.99 Å². The van der Waals surface area contributed by atoms with Crippen LogP contribution in [0.4, 0.5) is 0 Å². The molecule has 0 atom stereocenters. The van der Waals surface area contributed by atoms with Crippen LogP contribution in [0.1, 0.15) is 24.2 Å². The molecule has 1 amide bonds. The molecule has 5 nitrogen and oxygen atoms in total. The first-order valence-electron chi connectivity index (χ1n) is 7.89. The zero-order valence-corrected chi connectivity index (χ0v) is 16.8. The van der Waals surface area contributed by atoms with Gasteiger partial charge < -0.3 is 4.57 Å². The number of sulfone groups is 1. The number of para-hydroxylation sites is 1. The van der Waals surface area contributed by atoms with Gasteiger partial charge in [-0.15, -0.1) is 0 Å². The number of benzene rings is 2. The Morgan fingerprint density at radius 2 is 1.88 bits per heavy atom. The van der Waals surface area contributed by atoms with Crippen molar-refractivity contribution in [2.75, 3.05) is 0 Å². The van der Waals surface area contributed by atoms with E-state index in [0.717, 1.165) is 10.2 Å². The van der Waals surface area contributed by atoms with Crippen LogP contribution in [0.15, 0.2) is 52.4 Å². The van der Waals surface area contributed by atoms with Crippen molar-refractivity contribution in [3.05, 3.63) is 57.9 Å². The highest BCUT2D eigenvalue weighted by Gasteiger charge is 2.20. The van der Waals surface area contributed by atoms with Crippen LogP contribution in [0.5, 0.6) is 0 Å². The third-order valence-electron chi connectivity index (χ3n) is 4.00. The number of fused-ring (bicyclic) bond motifs is 1. The maximum absolute atomic E-state index is 12.6. The Bertz CT molecular complexity index is 1170. The molecule has 26 heavy (non-hydrogen) atoms. The first-order valence-corrected chi connectivity index (χ1v) is 10.6. The minimum Gasteiger partial charge on any atom is -0.318 e. The van der Waals surface area contributed by atoms with E-state index < -0.39 is 21.0 Å². The van der Waals surface area contributed by atoms with Gasteiger partial charge in [-0.05, 0) is 44.2 Å². The van der Waals surface area contributed by atoms with Gasteiger partial charge in [0.15, 0.2) is 14.6 Å². The molecule has 0 spiro atoms. The van der Waals surface area contributed by atoms with Crippen LogP contribution in [0.2, 0.25) is 5.02 Å². The average Bonchev–Trinajstić information content (AvgIpc) is 2.92. The molecular formula is C18H17ClN2O3S2. The summed E-state index contributed by atoms with van der Waals surface area (Å²) < 4.78 is 27.3. The summed E-state index contributed by atoms with van der Waals surface area (Å²) in [6.07, 6.45) is 0. The molecule has 0 aliphatic heterocycles. The second kappa shape index (κ2) is 6.98. The first-order chi connectivity index (χ1) is 12.2. The molecule has 0 N–H and O–H groups in total. The predicted molar refractivity (Wildman–Crippen MR) is 104 cm³/mol. The third kappa shape index (κ3) is 3.34. The number of aryl methyl sites for hydroxylation is 1. The summed E-state index contributed by atoms with van der Waals surface area (Å²) in [6, 6.07) is 11.5. The normalized spacial score (nSPS) is 12.9. The fourth-order valence-electron chi connectivity index (χ4n) is 2.49. The quantitative estimate of drug-likeness (QED) is 0.661. The average molecular weight is 409 g/mol. The van der Waals surface area contributed by atoms with Crippen LogP contribution in [-0.2, 0) is 16.9 Å². The molecule has 0 bridgehead atoms. The van der Waals surface area contributed by atoms with Crippen molar-refractivity contribution >= 4 is 48.9 Å². The Hall–Kier alpha value is -1.96. The molecular weight excluding hydrogens is 392 g/mol. The number of rotatable bonds is 3. The van der Waals surface area contributed by atoms with Crippen molar-refractivity contribution in [1.82, 2.24) is 4.57 Å².